The smallest absolute Gasteiger partial charge is 0.285 e. The second-order valence-corrected chi connectivity index (χ2v) is 8.87. The van der Waals surface area contributed by atoms with Gasteiger partial charge in [0.1, 0.15) is 6.67 Å². The summed E-state index contributed by atoms with van der Waals surface area (Å²) in [6.45, 7) is 2.48. The van der Waals surface area contributed by atoms with Crippen molar-refractivity contribution in [3.63, 3.8) is 0 Å². The Bertz CT molecular complexity index is 946. The van der Waals surface area contributed by atoms with Crippen molar-refractivity contribution in [2.75, 3.05) is 11.6 Å². The van der Waals surface area contributed by atoms with Gasteiger partial charge in [-0.05, 0) is 55.1 Å². The minimum atomic E-state index is -5.13. The Balaban J connectivity index is 1.51. The number of para-hydroxylation sites is 1. The zero-order chi connectivity index (χ0) is 21.5. The maximum Gasteiger partial charge on any atom is 0.471 e. The molecule has 1 aromatic carbocycles. The Morgan fingerprint density at radius 3 is 2.00 bits per heavy atom. The first-order valence-corrected chi connectivity index (χ1v) is 10.1. The number of rotatable bonds is 3. The molecule has 158 valence electrons. The number of hydrogen-bond donors (Lipinski definition) is 0. The quantitative estimate of drug-likeness (QED) is 0.560. The van der Waals surface area contributed by atoms with E-state index in [0.29, 0.717) is 27.9 Å². The number of imide groups is 1. The summed E-state index contributed by atoms with van der Waals surface area (Å²) in [5.41, 5.74) is 1.01. The third-order valence-corrected chi connectivity index (χ3v) is 7.23. The van der Waals surface area contributed by atoms with Crippen molar-refractivity contribution in [3.8, 4) is 0 Å². The van der Waals surface area contributed by atoms with Crippen LogP contribution in [0.25, 0.3) is 0 Å². The Morgan fingerprint density at radius 1 is 1.03 bits per heavy atom. The van der Waals surface area contributed by atoms with Crippen molar-refractivity contribution in [2.45, 2.75) is 26.4 Å². The van der Waals surface area contributed by atoms with E-state index in [0.717, 1.165) is 11.3 Å². The van der Waals surface area contributed by atoms with Gasteiger partial charge in [-0.15, -0.1) is 0 Å². The summed E-state index contributed by atoms with van der Waals surface area (Å²) in [7, 11) is 0. The monoisotopic (exact) mass is 418 g/mol. The molecular weight excluding hydrogens is 397 g/mol. The number of carbonyl (C=O) groups excluding carboxylic acids is 3. The number of hydrogen-bond acceptors (Lipinski definition) is 3. The first-order valence-electron chi connectivity index (χ1n) is 10.1. The number of allylic oxidation sites excluding steroid dienone is 2. The van der Waals surface area contributed by atoms with Gasteiger partial charge >= 0.3 is 12.1 Å². The highest BCUT2D eigenvalue weighted by Crippen LogP contribution is 2.65. The van der Waals surface area contributed by atoms with Crippen molar-refractivity contribution in [3.05, 3.63) is 41.5 Å². The van der Waals surface area contributed by atoms with Crippen molar-refractivity contribution in [1.29, 1.82) is 0 Å². The molecule has 3 fully saturated rings. The molecule has 0 radical (unpaired) electrons. The van der Waals surface area contributed by atoms with E-state index in [4.69, 9.17) is 0 Å². The molecule has 3 amide bonds. The van der Waals surface area contributed by atoms with E-state index >= 15 is 0 Å². The molecule has 6 atom stereocenters. The number of halogens is 3. The molecule has 1 heterocycles. The van der Waals surface area contributed by atoms with Crippen molar-refractivity contribution in [1.82, 2.24) is 4.90 Å². The lowest BCUT2D eigenvalue weighted by atomic mass is 9.63. The van der Waals surface area contributed by atoms with Crippen LogP contribution in [0.3, 0.4) is 0 Å². The zero-order valence-corrected chi connectivity index (χ0v) is 16.5. The topological polar surface area (TPSA) is 57.7 Å². The number of benzene rings is 1. The van der Waals surface area contributed by atoms with E-state index in [1.54, 1.807) is 32.0 Å². The fraction of sp³-hybridized carbons (Fsp3) is 0.500. The Hall–Kier alpha value is -2.64. The van der Waals surface area contributed by atoms with Crippen LogP contribution in [-0.4, -0.2) is 35.5 Å². The number of aryl methyl sites for hydroxylation is 2. The van der Waals surface area contributed by atoms with E-state index in [2.05, 4.69) is 0 Å². The minimum Gasteiger partial charge on any atom is -0.285 e. The van der Waals surface area contributed by atoms with Crippen LogP contribution < -0.4 is 4.90 Å². The van der Waals surface area contributed by atoms with Crippen LogP contribution in [0.15, 0.2) is 30.4 Å². The van der Waals surface area contributed by atoms with Crippen LogP contribution in [0.4, 0.5) is 18.9 Å². The largest absolute Gasteiger partial charge is 0.471 e. The number of carbonyl (C=O) groups is 3. The predicted molar refractivity (Wildman–Crippen MR) is 101 cm³/mol. The average Bonchev–Trinajstić information content (AvgIpc) is 3.46. The molecule has 30 heavy (non-hydrogen) atoms. The lowest BCUT2D eigenvalue weighted by molar-refractivity contribution is -0.171. The summed E-state index contributed by atoms with van der Waals surface area (Å²) in [5, 5.41) is 0. The fourth-order valence-electron chi connectivity index (χ4n) is 5.92. The lowest BCUT2D eigenvalue weighted by Crippen LogP contribution is -2.50. The second kappa shape index (κ2) is 6.18. The van der Waals surface area contributed by atoms with Crippen LogP contribution in [0.1, 0.15) is 17.5 Å². The molecule has 4 aliphatic carbocycles. The highest BCUT2D eigenvalue weighted by molar-refractivity contribution is 6.08. The average molecular weight is 418 g/mol. The number of anilines is 1. The fourth-order valence-corrected chi connectivity index (χ4v) is 5.92. The molecule has 8 heteroatoms. The number of amides is 3. The molecule has 0 spiro atoms. The third-order valence-electron chi connectivity index (χ3n) is 7.23. The molecule has 2 bridgehead atoms. The van der Waals surface area contributed by atoms with Gasteiger partial charge in [0.25, 0.3) is 0 Å². The maximum absolute atomic E-state index is 13.4. The molecule has 0 unspecified atom stereocenters. The van der Waals surface area contributed by atoms with E-state index in [1.807, 2.05) is 12.2 Å². The highest BCUT2D eigenvalue weighted by Gasteiger charge is 2.67. The van der Waals surface area contributed by atoms with Crippen LogP contribution >= 0.6 is 0 Å². The van der Waals surface area contributed by atoms with Gasteiger partial charge in [0, 0.05) is 0 Å². The number of alkyl halides is 3. The summed E-state index contributed by atoms with van der Waals surface area (Å²) in [4.78, 5) is 40.1. The number of likely N-dealkylation sites (tertiary alicyclic amines) is 1. The first-order chi connectivity index (χ1) is 14.1. The molecule has 5 aliphatic rings. The molecular formula is C22H21F3N2O3. The highest BCUT2D eigenvalue weighted by atomic mass is 19.4. The van der Waals surface area contributed by atoms with Gasteiger partial charge in [0.2, 0.25) is 11.8 Å². The Morgan fingerprint density at radius 2 is 1.53 bits per heavy atom. The molecule has 2 saturated carbocycles. The van der Waals surface area contributed by atoms with E-state index in [-0.39, 0.29) is 17.5 Å². The van der Waals surface area contributed by atoms with Gasteiger partial charge < -0.3 is 0 Å². The maximum atomic E-state index is 13.4. The van der Waals surface area contributed by atoms with Gasteiger partial charge in [-0.3, -0.25) is 24.2 Å². The normalized spacial score (nSPS) is 33.6. The van der Waals surface area contributed by atoms with Crippen LogP contribution in [-0.2, 0) is 14.4 Å². The van der Waals surface area contributed by atoms with E-state index < -0.39 is 42.4 Å². The third kappa shape index (κ3) is 2.58. The van der Waals surface area contributed by atoms with Crippen LogP contribution in [0.5, 0.6) is 0 Å². The van der Waals surface area contributed by atoms with Crippen molar-refractivity contribution < 1.29 is 27.6 Å². The molecule has 0 N–H and O–H groups in total. The van der Waals surface area contributed by atoms with Gasteiger partial charge in [-0.25, -0.2) is 0 Å². The summed E-state index contributed by atoms with van der Waals surface area (Å²) >= 11 is 0. The standard InChI is InChI=1S/C22H21F3N2O3/c1-10-4-3-5-11(2)18(10)26(21(30)22(23,24)25)9-27-19(28)16-12-6-7-13(15-8-14(12)15)17(16)20(27)29/h3-7,12-17H,8-9H2,1-2H3/t12-,13-,14-,15+,16+,17-/m1/s1. The molecule has 1 aliphatic heterocycles. The Labute approximate surface area is 171 Å². The SMILES string of the molecule is Cc1cccc(C)c1N(CN1C(=O)[C@@H]2[C@@H]3C=C[C@H]([C@H]4C[C@@H]34)[C@@H]2C1=O)C(=O)C(F)(F)F. The number of nitrogens with zero attached hydrogens (tertiary/aromatic N) is 2. The predicted octanol–water partition coefficient (Wildman–Crippen LogP) is 3.21. The molecule has 1 aromatic rings. The Kier molecular flexibility index (Phi) is 3.98. The summed E-state index contributed by atoms with van der Waals surface area (Å²) in [5.74, 6) is -3.30. The minimum absolute atomic E-state index is 0.0292. The molecule has 6 rings (SSSR count). The van der Waals surface area contributed by atoms with Crippen molar-refractivity contribution in [2.24, 2.45) is 35.5 Å². The second-order valence-electron chi connectivity index (χ2n) is 8.87. The van der Waals surface area contributed by atoms with Gasteiger partial charge in [0.15, 0.2) is 0 Å². The lowest BCUT2D eigenvalue weighted by Gasteiger charge is -2.37. The zero-order valence-electron chi connectivity index (χ0n) is 16.5. The van der Waals surface area contributed by atoms with E-state index in [1.165, 1.54) is 0 Å². The van der Waals surface area contributed by atoms with Crippen LogP contribution in [0.2, 0.25) is 0 Å². The first kappa shape index (κ1) is 19.3. The summed E-state index contributed by atoms with van der Waals surface area (Å²) < 4.78 is 40.2. The van der Waals surface area contributed by atoms with Gasteiger partial charge in [-0.2, -0.15) is 13.2 Å². The summed E-state index contributed by atoms with van der Waals surface area (Å²) in [6, 6.07) is 4.88. The molecule has 0 aromatic heterocycles. The van der Waals surface area contributed by atoms with Gasteiger partial charge in [-0.1, -0.05) is 30.4 Å². The van der Waals surface area contributed by atoms with Crippen LogP contribution in [0, 0.1) is 49.4 Å². The molecule has 5 nitrogen and oxygen atoms in total. The summed E-state index contributed by atoms with van der Waals surface area (Å²) in [6.07, 6.45) is -0.135. The van der Waals surface area contributed by atoms with E-state index in [9.17, 15) is 27.6 Å². The van der Waals surface area contributed by atoms with Crippen molar-refractivity contribution >= 4 is 23.4 Å². The van der Waals surface area contributed by atoms with Gasteiger partial charge in [0.05, 0.1) is 17.5 Å². The molecule has 1 saturated heterocycles.